The van der Waals surface area contributed by atoms with Crippen LogP contribution in [0, 0.1) is 6.92 Å². The van der Waals surface area contributed by atoms with Gasteiger partial charge in [-0.25, -0.2) is 9.97 Å². The molecule has 1 fully saturated rings. The van der Waals surface area contributed by atoms with E-state index in [-0.39, 0.29) is 17.7 Å². The second-order valence-electron chi connectivity index (χ2n) is 8.04. The molecule has 1 aliphatic rings. The summed E-state index contributed by atoms with van der Waals surface area (Å²) >= 11 is 1.42. The number of aryl methyl sites for hydroxylation is 1. The third kappa shape index (κ3) is 4.57. The number of carbonyl (C=O) groups excluding carboxylic acids is 2. The summed E-state index contributed by atoms with van der Waals surface area (Å²) in [5.74, 6) is -0.117. The first-order valence-corrected chi connectivity index (χ1v) is 11.1. The van der Waals surface area contributed by atoms with Crippen molar-refractivity contribution >= 4 is 33.4 Å². The van der Waals surface area contributed by atoms with Crippen molar-refractivity contribution < 1.29 is 9.59 Å². The summed E-state index contributed by atoms with van der Waals surface area (Å²) in [7, 11) is 3.95. The Bertz CT molecular complexity index is 1100. The number of rotatable bonds is 6. The van der Waals surface area contributed by atoms with E-state index < -0.39 is 0 Å². The zero-order chi connectivity index (χ0) is 22.0. The molecule has 9 heteroatoms. The molecule has 0 saturated carbocycles. The molecule has 4 heterocycles. The van der Waals surface area contributed by atoms with Crippen LogP contribution >= 0.6 is 11.3 Å². The highest BCUT2D eigenvalue weighted by Gasteiger charge is 2.33. The Labute approximate surface area is 185 Å². The van der Waals surface area contributed by atoms with Crippen LogP contribution < -0.4 is 5.32 Å². The van der Waals surface area contributed by atoms with Gasteiger partial charge >= 0.3 is 0 Å². The number of likely N-dealkylation sites (N-methyl/N-ethyl adjacent to an activating group) is 1. The van der Waals surface area contributed by atoms with Crippen molar-refractivity contribution in [3.8, 4) is 0 Å². The second kappa shape index (κ2) is 9.07. The minimum Gasteiger partial charge on any atom is -0.350 e. The van der Waals surface area contributed by atoms with E-state index in [1.165, 1.54) is 17.5 Å². The minimum atomic E-state index is -0.121. The van der Waals surface area contributed by atoms with Gasteiger partial charge in [0.25, 0.3) is 11.8 Å². The molecule has 0 aromatic carbocycles. The average molecular weight is 439 g/mol. The number of hydrogen-bond acceptors (Lipinski definition) is 7. The van der Waals surface area contributed by atoms with Gasteiger partial charge in [-0.3, -0.25) is 14.6 Å². The molecule has 162 valence electrons. The van der Waals surface area contributed by atoms with Crippen LogP contribution in [-0.4, -0.2) is 76.8 Å². The molecule has 1 N–H and O–H groups in total. The fourth-order valence-corrected chi connectivity index (χ4v) is 4.99. The lowest BCUT2D eigenvalue weighted by molar-refractivity contribution is 0.0784. The Morgan fingerprint density at radius 1 is 1.26 bits per heavy atom. The molecule has 1 saturated heterocycles. The normalized spacial score (nSPS) is 16.3. The molecular formula is C22H26N6O2S. The number of likely N-dealkylation sites (tertiary alicyclic amines) is 1. The van der Waals surface area contributed by atoms with E-state index in [1.807, 2.05) is 38.1 Å². The second-order valence-corrected chi connectivity index (χ2v) is 9.04. The van der Waals surface area contributed by atoms with Crippen molar-refractivity contribution in [2.75, 3.05) is 40.3 Å². The van der Waals surface area contributed by atoms with E-state index in [9.17, 15) is 9.59 Å². The number of amides is 2. The number of nitrogens with zero attached hydrogens (tertiary/aromatic N) is 5. The van der Waals surface area contributed by atoms with Crippen LogP contribution in [0.2, 0.25) is 0 Å². The minimum absolute atomic E-state index is 0.0750. The monoisotopic (exact) mass is 438 g/mol. The Hall–Kier alpha value is -2.91. The van der Waals surface area contributed by atoms with Gasteiger partial charge in [0, 0.05) is 49.9 Å². The van der Waals surface area contributed by atoms with Crippen LogP contribution in [0.5, 0.6) is 0 Å². The lowest BCUT2D eigenvalue weighted by Crippen LogP contribution is -2.32. The number of thiophene rings is 1. The summed E-state index contributed by atoms with van der Waals surface area (Å²) in [5, 5.41) is 4.02. The SMILES string of the molecule is Cc1cnc(C(=O)N2CC[C@@H](c3c(C(=O)NCCN(C)C)sc4ncccc34)C2)cn1. The molecule has 0 bridgehead atoms. The standard InChI is InChI=1S/C22H26N6O2S/c1-14-11-26-17(12-25-14)22(30)28-9-6-15(13-28)18-16-5-4-7-24-21(16)31-19(18)20(29)23-8-10-27(2)3/h4-5,7,11-12,15H,6,8-10,13H2,1-3H3,(H,23,29)/t15-/m1/s1. The first-order valence-electron chi connectivity index (χ1n) is 10.3. The summed E-state index contributed by atoms with van der Waals surface area (Å²) in [6.07, 6.45) is 5.67. The van der Waals surface area contributed by atoms with Crippen LogP contribution in [0.25, 0.3) is 10.2 Å². The smallest absolute Gasteiger partial charge is 0.274 e. The van der Waals surface area contributed by atoms with Gasteiger partial charge in [-0.1, -0.05) is 6.07 Å². The maximum absolute atomic E-state index is 13.0. The Morgan fingerprint density at radius 3 is 2.84 bits per heavy atom. The maximum Gasteiger partial charge on any atom is 0.274 e. The molecule has 31 heavy (non-hydrogen) atoms. The Morgan fingerprint density at radius 2 is 2.10 bits per heavy atom. The number of carbonyl (C=O) groups is 2. The third-order valence-corrected chi connectivity index (χ3v) is 6.57. The van der Waals surface area contributed by atoms with Gasteiger partial charge in [-0.2, -0.15) is 0 Å². The van der Waals surface area contributed by atoms with Gasteiger partial charge in [0.1, 0.15) is 10.5 Å². The topological polar surface area (TPSA) is 91.3 Å². The predicted octanol–water partition coefficient (Wildman–Crippen LogP) is 2.32. The fourth-order valence-electron chi connectivity index (χ4n) is 3.84. The molecule has 1 atom stereocenters. The molecule has 2 amide bonds. The average Bonchev–Trinajstić information content (AvgIpc) is 3.38. The van der Waals surface area contributed by atoms with E-state index in [0.717, 1.165) is 34.4 Å². The molecule has 0 aliphatic carbocycles. The van der Waals surface area contributed by atoms with Crippen molar-refractivity contribution in [3.63, 3.8) is 0 Å². The summed E-state index contributed by atoms with van der Waals surface area (Å²) in [4.78, 5) is 44.1. The summed E-state index contributed by atoms with van der Waals surface area (Å²) in [6, 6.07) is 3.91. The highest BCUT2D eigenvalue weighted by Crippen LogP contribution is 2.39. The van der Waals surface area contributed by atoms with Gasteiger partial charge in [0.15, 0.2) is 0 Å². The zero-order valence-electron chi connectivity index (χ0n) is 18.0. The molecule has 0 unspecified atom stereocenters. The predicted molar refractivity (Wildman–Crippen MR) is 121 cm³/mol. The van der Waals surface area contributed by atoms with Gasteiger partial charge < -0.3 is 15.1 Å². The zero-order valence-corrected chi connectivity index (χ0v) is 18.8. The quantitative estimate of drug-likeness (QED) is 0.635. The third-order valence-electron chi connectivity index (χ3n) is 5.44. The molecule has 3 aromatic heterocycles. The molecule has 0 radical (unpaired) electrons. The lowest BCUT2D eigenvalue weighted by atomic mass is 9.95. The van der Waals surface area contributed by atoms with E-state index in [4.69, 9.17) is 0 Å². The van der Waals surface area contributed by atoms with Gasteiger partial charge in [0.05, 0.1) is 16.8 Å². The van der Waals surface area contributed by atoms with Gasteiger partial charge in [-0.05, 0) is 39.1 Å². The fraction of sp³-hybridized carbons (Fsp3) is 0.409. The first-order chi connectivity index (χ1) is 14.9. The number of aromatic nitrogens is 3. The van der Waals surface area contributed by atoms with Crippen LogP contribution in [0.15, 0.2) is 30.7 Å². The van der Waals surface area contributed by atoms with Crippen molar-refractivity contribution in [1.82, 2.24) is 30.1 Å². The Balaban J connectivity index is 1.58. The van der Waals surface area contributed by atoms with Crippen molar-refractivity contribution in [2.45, 2.75) is 19.3 Å². The molecule has 4 rings (SSSR count). The Kier molecular flexibility index (Phi) is 6.24. The summed E-state index contributed by atoms with van der Waals surface area (Å²) < 4.78 is 0. The van der Waals surface area contributed by atoms with Crippen LogP contribution in [0.4, 0.5) is 0 Å². The molecule has 3 aromatic rings. The van der Waals surface area contributed by atoms with Crippen LogP contribution in [-0.2, 0) is 0 Å². The van der Waals surface area contributed by atoms with Crippen molar-refractivity contribution in [3.05, 3.63) is 52.6 Å². The molecule has 0 spiro atoms. The van der Waals surface area contributed by atoms with Gasteiger partial charge in [-0.15, -0.1) is 11.3 Å². The van der Waals surface area contributed by atoms with E-state index in [0.29, 0.717) is 30.2 Å². The molecular weight excluding hydrogens is 412 g/mol. The maximum atomic E-state index is 13.0. The largest absolute Gasteiger partial charge is 0.350 e. The number of fused-ring (bicyclic) bond motifs is 1. The van der Waals surface area contributed by atoms with E-state index >= 15 is 0 Å². The molecule has 1 aliphatic heterocycles. The number of nitrogens with one attached hydrogen (secondary N) is 1. The van der Waals surface area contributed by atoms with E-state index in [2.05, 4.69) is 20.3 Å². The van der Waals surface area contributed by atoms with Crippen molar-refractivity contribution in [1.29, 1.82) is 0 Å². The summed E-state index contributed by atoms with van der Waals surface area (Å²) in [5.41, 5.74) is 2.13. The number of hydrogen-bond donors (Lipinski definition) is 1. The van der Waals surface area contributed by atoms with Crippen molar-refractivity contribution in [2.24, 2.45) is 0 Å². The first kappa shape index (κ1) is 21.3. The van der Waals surface area contributed by atoms with E-state index in [1.54, 1.807) is 17.3 Å². The lowest BCUT2D eigenvalue weighted by Gasteiger charge is -2.17. The summed E-state index contributed by atoms with van der Waals surface area (Å²) in [6.45, 7) is 4.36. The van der Waals surface area contributed by atoms with Crippen LogP contribution in [0.1, 0.15) is 43.8 Å². The highest BCUT2D eigenvalue weighted by atomic mass is 32.1. The highest BCUT2D eigenvalue weighted by molar-refractivity contribution is 7.20. The van der Waals surface area contributed by atoms with Gasteiger partial charge in [0.2, 0.25) is 0 Å². The van der Waals surface area contributed by atoms with Crippen LogP contribution in [0.3, 0.4) is 0 Å². The molecule has 8 nitrogen and oxygen atoms in total. The number of pyridine rings is 1.